The van der Waals surface area contributed by atoms with Crippen LogP contribution in [0.4, 0.5) is 11.4 Å². The fourth-order valence-electron chi connectivity index (χ4n) is 4.38. The minimum Gasteiger partial charge on any atom is -0.457 e. The van der Waals surface area contributed by atoms with Crippen molar-refractivity contribution >= 4 is 22.3 Å². The zero-order valence-corrected chi connectivity index (χ0v) is 20.0. The first-order valence-corrected chi connectivity index (χ1v) is 12.0. The maximum absolute atomic E-state index is 5.99. The van der Waals surface area contributed by atoms with Crippen LogP contribution in [0.15, 0.2) is 121 Å². The van der Waals surface area contributed by atoms with Gasteiger partial charge in [-0.3, -0.25) is 0 Å². The lowest BCUT2D eigenvalue weighted by molar-refractivity contribution is 0.482. The summed E-state index contributed by atoms with van der Waals surface area (Å²) < 4.78 is 12.0. The molecule has 0 saturated carbocycles. The first-order valence-electron chi connectivity index (χ1n) is 12.0. The second kappa shape index (κ2) is 9.47. The Kier molecular flexibility index (Phi) is 5.71. The molecule has 5 N–H and O–H groups in total. The molecule has 0 amide bonds. The third kappa shape index (κ3) is 4.70. The highest BCUT2D eigenvalue weighted by Crippen LogP contribution is 2.39. The van der Waals surface area contributed by atoms with Crippen molar-refractivity contribution in [1.29, 1.82) is 0 Å². The monoisotopic (exact) mass is 483 g/mol. The van der Waals surface area contributed by atoms with E-state index in [1.54, 1.807) is 0 Å². The molecule has 0 spiro atoms. The number of nitrogen functional groups attached to an aromatic ring is 2. The number of fused-ring (bicyclic) bond motifs is 1. The van der Waals surface area contributed by atoms with Crippen molar-refractivity contribution in [3.05, 3.63) is 121 Å². The number of aromatic amines is 1. The molecule has 37 heavy (non-hydrogen) atoms. The number of hydrogen-bond donors (Lipinski definition) is 3. The molecule has 0 unspecified atom stereocenters. The zero-order chi connectivity index (χ0) is 25.2. The van der Waals surface area contributed by atoms with E-state index in [2.05, 4.69) is 47.4 Å². The number of nitrogens with one attached hydrogen (secondary N) is 1. The molecule has 6 aromatic rings. The van der Waals surface area contributed by atoms with E-state index < -0.39 is 0 Å². The van der Waals surface area contributed by atoms with Gasteiger partial charge in [-0.05, 0) is 102 Å². The van der Waals surface area contributed by atoms with Crippen molar-refractivity contribution < 1.29 is 9.47 Å². The van der Waals surface area contributed by atoms with E-state index in [-0.39, 0.29) is 0 Å². The number of ether oxygens (including phenoxy) is 2. The molecule has 6 rings (SSSR count). The Hall–Kier alpha value is -5.16. The highest BCUT2D eigenvalue weighted by molar-refractivity contribution is 6.03. The molecular weight excluding hydrogens is 458 g/mol. The van der Waals surface area contributed by atoms with Crippen LogP contribution in [0, 0.1) is 0 Å². The number of aromatic nitrogens is 1. The maximum Gasteiger partial charge on any atom is 0.127 e. The summed E-state index contributed by atoms with van der Waals surface area (Å²) in [6.07, 6.45) is 0. The molecule has 5 heteroatoms. The molecule has 1 heterocycles. The van der Waals surface area contributed by atoms with E-state index in [1.807, 2.05) is 78.9 Å². The molecule has 0 aliphatic heterocycles. The maximum atomic E-state index is 5.99. The molecule has 0 fully saturated rings. The molecule has 0 bridgehead atoms. The fraction of sp³-hybridized carbons (Fsp3) is 0. The Labute approximate surface area is 214 Å². The highest BCUT2D eigenvalue weighted by atomic mass is 16.5. The molecule has 5 aromatic carbocycles. The van der Waals surface area contributed by atoms with Crippen LogP contribution in [0.1, 0.15) is 0 Å². The molecule has 5 nitrogen and oxygen atoms in total. The third-order valence-electron chi connectivity index (χ3n) is 6.22. The van der Waals surface area contributed by atoms with Gasteiger partial charge in [-0.15, -0.1) is 0 Å². The third-order valence-corrected chi connectivity index (χ3v) is 6.22. The smallest absolute Gasteiger partial charge is 0.127 e. The Morgan fingerprint density at radius 3 is 1.41 bits per heavy atom. The van der Waals surface area contributed by atoms with Crippen molar-refractivity contribution in [3.63, 3.8) is 0 Å². The van der Waals surface area contributed by atoms with Crippen LogP contribution >= 0.6 is 0 Å². The average molecular weight is 484 g/mol. The summed E-state index contributed by atoms with van der Waals surface area (Å²) in [5.41, 5.74) is 18.4. The summed E-state index contributed by atoms with van der Waals surface area (Å²) in [4.78, 5) is 3.62. The lowest BCUT2D eigenvalue weighted by atomic mass is 9.98. The van der Waals surface area contributed by atoms with Crippen LogP contribution < -0.4 is 20.9 Å². The standard InChI is InChI=1S/C32H25N3O2/c33-23-9-17-27(18-10-23)36-25-13-5-21(6-14-25)31-29-3-1-2-4-30(29)35-32(31)22-7-15-26(16-8-22)37-28-19-11-24(34)12-20-28/h1-20,35H,33-34H2. The van der Waals surface area contributed by atoms with Gasteiger partial charge < -0.3 is 25.9 Å². The lowest BCUT2D eigenvalue weighted by Gasteiger charge is -2.10. The van der Waals surface area contributed by atoms with Gasteiger partial charge in [0, 0.05) is 27.8 Å². The summed E-state index contributed by atoms with van der Waals surface area (Å²) in [5.74, 6) is 3.01. The molecule has 0 aliphatic carbocycles. The van der Waals surface area contributed by atoms with E-state index in [4.69, 9.17) is 20.9 Å². The summed E-state index contributed by atoms with van der Waals surface area (Å²) in [5, 5.41) is 1.16. The van der Waals surface area contributed by atoms with Gasteiger partial charge in [0.2, 0.25) is 0 Å². The van der Waals surface area contributed by atoms with Gasteiger partial charge in [0.05, 0.1) is 5.69 Å². The largest absolute Gasteiger partial charge is 0.457 e. The van der Waals surface area contributed by atoms with Gasteiger partial charge >= 0.3 is 0 Å². The van der Waals surface area contributed by atoms with Crippen LogP contribution in [0.2, 0.25) is 0 Å². The van der Waals surface area contributed by atoms with Gasteiger partial charge in [0.15, 0.2) is 0 Å². The molecular formula is C32H25N3O2. The van der Waals surface area contributed by atoms with Crippen molar-refractivity contribution in [2.75, 3.05) is 11.5 Å². The quantitative estimate of drug-likeness (QED) is 0.208. The average Bonchev–Trinajstić information content (AvgIpc) is 3.32. The van der Waals surface area contributed by atoms with Crippen LogP contribution in [0.3, 0.4) is 0 Å². The summed E-state index contributed by atoms with van der Waals surface area (Å²) in [6.45, 7) is 0. The van der Waals surface area contributed by atoms with E-state index in [0.29, 0.717) is 11.4 Å². The number of rotatable bonds is 6. The van der Waals surface area contributed by atoms with Crippen molar-refractivity contribution in [1.82, 2.24) is 4.98 Å². The number of para-hydroxylation sites is 1. The number of hydrogen-bond acceptors (Lipinski definition) is 4. The Balaban J connectivity index is 1.32. The normalized spacial score (nSPS) is 10.9. The Morgan fingerprint density at radius 1 is 0.459 bits per heavy atom. The number of anilines is 2. The van der Waals surface area contributed by atoms with Gasteiger partial charge in [-0.2, -0.15) is 0 Å². The summed E-state index contributed by atoms with van der Waals surface area (Å²) in [7, 11) is 0. The van der Waals surface area contributed by atoms with Crippen molar-refractivity contribution in [2.24, 2.45) is 0 Å². The predicted molar refractivity (Wildman–Crippen MR) is 151 cm³/mol. The molecule has 0 radical (unpaired) electrons. The Bertz CT molecular complexity index is 1650. The van der Waals surface area contributed by atoms with E-state index >= 15 is 0 Å². The van der Waals surface area contributed by atoms with Crippen molar-refractivity contribution in [2.45, 2.75) is 0 Å². The van der Waals surface area contributed by atoms with E-state index in [9.17, 15) is 0 Å². The van der Waals surface area contributed by atoms with Gasteiger partial charge in [-0.25, -0.2) is 0 Å². The minimum atomic E-state index is 0.707. The summed E-state index contributed by atoms with van der Waals surface area (Å²) in [6, 6.07) is 39.3. The van der Waals surface area contributed by atoms with Crippen molar-refractivity contribution in [3.8, 4) is 45.4 Å². The van der Waals surface area contributed by atoms with Crippen LogP contribution in [0.25, 0.3) is 33.3 Å². The number of nitrogens with two attached hydrogens (primary N) is 2. The second-order valence-corrected chi connectivity index (χ2v) is 8.81. The number of benzene rings is 5. The zero-order valence-electron chi connectivity index (χ0n) is 20.0. The molecule has 180 valence electrons. The highest BCUT2D eigenvalue weighted by Gasteiger charge is 2.15. The molecule has 1 aromatic heterocycles. The fourth-order valence-corrected chi connectivity index (χ4v) is 4.38. The first-order chi connectivity index (χ1) is 18.1. The first kappa shape index (κ1) is 22.3. The van der Waals surface area contributed by atoms with Crippen LogP contribution in [0.5, 0.6) is 23.0 Å². The van der Waals surface area contributed by atoms with Crippen LogP contribution in [-0.2, 0) is 0 Å². The van der Waals surface area contributed by atoms with Gasteiger partial charge in [0.1, 0.15) is 23.0 Å². The Morgan fingerprint density at radius 2 is 0.892 bits per heavy atom. The predicted octanol–water partition coefficient (Wildman–Crippen LogP) is 8.25. The molecule has 0 aliphatic rings. The van der Waals surface area contributed by atoms with Gasteiger partial charge in [-0.1, -0.05) is 30.3 Å². The second-order valence-electron chi connectivity index (χ2n) is 8.81. The number of H-pyrrole nitrogens is 1. The topological polar surface area (TPSA) is 86.3 Å². The van der Waals surface area contributed by atoms with E-state index in [0.717, 1.165) is 56.3 Å². The molecule has 0 atom stereocenters. The SMILES string of the molecule is Nc1ccc(Oc2ccc(-c3[nH]c4ccccc4c3-c3ccc(Oc4ccc(N)cc4)cc3)cc2)cc1. The van der Waals surface area contributed by atoms with Gasteiger partial charge in [0.25, 0.3) is 0 Å². The minimum absolute atomic E-state index is 0.707. The molecule has 0 saturated heterocycles. The summed E-state index contributed by atoms with van der Waals surface area (Å²) >= 11 is 0. The lowest BCUT2D eigenvalue weighted by Crippen LogP contribution is -1.88. The van der Waals surface area contributed by atoms with E-state index in [1.165, 1.54) is 0 Å². The van der Waals surface area contributed by atoms with Crippen LogP contribution in [-0.4, -0.2) is 4.98 Å².